The molecule has 14 aromatic carbocycles. The van der Waals surface area contributed by atoms with Crippen molar-refractivity contribution in [2.75, 3.05) is 19.6 Å². The third-order valence-corrected chi connectivity index (χ3v) is 25.4. The van der Waals surface area contributed by atoms with Crippen LogP contribution >= 0.6 is 45.3 Å². The molecule has 0 atom stereocenters. The van der Waals surface area contributed by atoms with Gasteiger partial charge < -0.3 is 19.6 Å². The molecule has 4 aliphatic rings. The molecule has 0 N–H and O–H groups in total. The van der Waals surface area contributed by atoms with Crippen molar-refractivity contribution in [3.8, 4) is 11.1 Å². The van der Waals surface area contributed by atoms with E-state index in [0.29, 0.717) is 0 Å². The Morgan fingerprint density at radius 3 is 1.09 bits per heavy atom. The van der Waals surface area contributed by atoms with Gasteiger partial charge in [0.15, 0.2) is 0 Å². The second-order valence-electron chi connectivity index (χ2n) is 25.3. The van der Waals surface area contributed by atoms with Crippen LogP contribution in [-0.4, -0.2) is 13.4 Å². The molecule has 4 nitrogen and oxygen atoms in total. The van der Waals surface area contributed by atoms with Crippen molar-refractivity contribution >= 4 is 240 Å². The molecule has 10 heteroatoms. The molecule has 18 aromatic rings. The van der Waals surface area contributed by atoms with Crippen LogP contribution in [0.5, 0.6) is 0 Å². The molecule has 8 heterocycles. The summed E-state index contributed by atoms with van der Waals surface area (Å²) in [6.45, 7) is 0.0163. The minimum Gasteiger partial charge on any atom is -0.311 e. The van der Waals surface area contributed by atoms with E-state index in [1.807, 2.05) is 45.3 Å². The SMILES string of the molecule is c1ccc2c(c1)B1c3cc(-c4ccc5sc6c(N7c8ccccc8B8c9ccccc9N(c9cccc%10c9sc9ccccc9%10)c9cccc7c98)cccc6c5c4)ccc3N(c3ccc4c(c3)sc3ccccc34)c3cccc(c31)N2c1cccc2c1sc1ccccc12. The average Bonchev–Trinajstić information content (AvgIpc) is 1.51. The summed E-state index contributed by atoms with van der Waals surface area (Å²) in [6, 6.07) is 111. The maximum Gasteiger partial charge on any atom is 0.252 e. The standard InChI is InChI=1S/C84H48B2N4S4/c1-10-37-75-52(18-1)55-43-42-51(48-79(55)91-75)87-67-44-40-50(47-63(67)86-62-26-6-9-29-66(62)90(69-31-16-30-68(87)80(69)86)73-35-14-22-57-54-20-3-12-39-77(54)93-83(57)73)49-41-45-78-59(46-49)58-23-15-36-74(84(58)94-78)89-65-28-8-5-25-61(65)85-60-24-4-7-27-64(60)88(70-32-17-33-71(89)81(70)85)72-34-13-21-56-53-19-2-11-38-76(53)92-82(56)72/h1-48H. The molecule has 0 spiro atoms. The summed E-state index contributed by atoms with van der Waals surface area (Å²) in [5.74, 6) is 0. The van der Waals surface area contributed by atoms with Gasteiger partial charge in [-0.15, -0.1) is 45.3 Å². The van der Waals surface area contributed by atoms with E-state index in [4.69, 9.17) is 0 Å². The summed E-state index contributed by atoms with van der Waals surface area (Å²) in [5.41, 5.74) is 24.8. The number of hydrogen-bond donors (Lipinski definition) is 0. The van der Waals surface area contributed by atoms with Gasteiger partial charge in [-0.05, 0) is 153 Å². The van der Waals surface area contributed by atoms with Crippen LogP contribution in [0.4, 0.5) is 68.2 Å². The highest BCUT2D eigenvalue weighted by Crippen LogP contribution is 2.53. The molecule has 22 rings (SSSR count). The van der Waals surface area contributed by atoms with Crippen LogP contribution in [-0.2, 0) is 0 Å². The van der Waals surface area contributed by atoms with Gasteiger partial charge in [0.05, 0.1) is 31.2 Å². The number of benzene rings is 14. The van der Waals surface area contributed by atoms with E-state index in [1.165, 1.54) is 187 Å². The lowest BCUT2D eigenvalue weighted by Gasteiger charge is -2.44. The fraction of sp³-hybridized carbons (Fsp3) is 0. The molecule has 4 aliphatic heterocycles. The van der Waals surface area contributed by atoms with Crippen molar-refractivity contribution in [3.63, 3.8) is 0 Å². The zero-order valence-electron chi connectivity index (χ0n) is 50.3. The van der Waals surface area contributed by atoms with Crippen molar-refractivity contribution in [1.82, 2.24) is 0 Å². The number of thiophene rings is 4. The molecule has 0 bridgehead atoms. The minimum absolute atomic E-state index is 0.0337. The Bertz CT molecular complexity index is 6350. The molecule has 0 radical (unpaired) electrons. The number of nitrogens with zero attached hydrogens (tertiary/aromatic N) is 4. The van der Waals surface area contributed by atoms with E-state index in [-0.39, 0.29) is 13.4 Å². The first-order valence-electron chi connectivity index (χ1n) is 32.2. The second kappa shape index (κ2) is 19.4. The number of rotatable bonds is 5. The summed E-state index contributed by atoms with van der Waals surface area (Å²) in [5, 5.41) is 10.4. The highest BCUT2D eigenvalue weighted by atomic mass is 32.1. The largest absolute Gasteiger partial charge is 0.311 e. The van der Waals surface area contributed by atoms with Crippen molar-refractivity contribution in [2.24, 2.45) is 0 Å². The van der Waals surface area contributed by atoms with Crippen molar-refractivity contribution in [1.29, 1.82) is 0 Å². The van der Waals surface area contributed by atoms with Crippen LogP contribution in [0.15, 0.2) is 291 Å². The first-order valence-corrected chi connectivity index (χ1v) is 35.5. The normalized spacial score (nSPS) is 13.6. The Balaban J connectivity index is 0.713. The first kappa shape index (κ1) is 51.9. The van der Waals surface area contributed by atoms with Gasteiger partial charge in [0.25, 0.3) is 13.4 Å². The molecule has 0 amide bonds. The van der Waals surface area contributed by atoms with Crippen molar-refractivity contribution in [2.45, 2.75) is 0 Å². The van der Waals surface area contributed by atoms with Gasteiger partial charge >= 0.3 is 0 Å². The zero-order valence-corrected chi connectivity index (χ0v) is 53.6. The highest BCUT2D eigenvalue weighted by molar-refractivity contribution is 7.27. The molecule has 4 aromatic heterocycles. The zero-order chi connectivity index (χ0) is 61.0. The summed E-state index contributed by atoms with van der Waals surface area (Å²) in [4.78, 5) is 10.3. The van der Waals surface area contributed by atoms with E-state index >= 15 is 0 Å². The molecule has 0 unspecified atom stereocenters. The highest BCUT2D eigenvalue weighted by Gasteiger charge is 2.46. The fourth-order valence-corrected chi connectivity index (χ4v) is 21.5. The maximum atomic E-state index is 2.58. The van der Waals surface area contributed by atoms with Gasteiger partial charge in [0.1, 0.15) is 0 Å². The van der Waals surface area contributed by atoms with Crippen molar-refractivity contribution < 1.29 is 0 Å². The van der Waals surface area contributed by atoms with Crippen LogP contribution in [0.25, 0.3) is 91.8 Å². The molecule has 0 aliphatic carbocycles. The first-order chi connectivity index (χ1) is 46.6. The molecule has 434 valence electrons. The minimum atomic E-state index is -0.0337. The summed E-state index contributed by atoms with van der Waals surface area (Å²) < 4.78 is 10.4. The third kappa shape index (κ3) is 7.07. The predicted molar refractivity (Wildman–Crippen MR) is 411 cm³/mol. The number of para-hydroxylation sites is 3. The van der Waals surface area contributed by atoms with Crippen LogP contribution in [0, 0.1) is 0 Å². The number of hydrogen-bond acceptors (Lipinski definition) is 8. The lowest BCUT2D eigenvalue weighted by Crippen LogP contribution is -2.61. The van der Waals surface area contributed by atoms with Gasteiger partial charge in [-0.3, -0.25) is 0 Å². The van der Waals surface area contributed by atoms with Crippen molar-refractivity contribution in [3.05, 3.63) is 291 Å². The van der Waals surface area contributed by atoms with Crippen LogP contribution in [0.1, 0.15) is 0 Å². The van der Waals surface area contributed by atoms with Gasteiger partial charge in [-0.2, -0.15) is 0 Å². The number of fused-ring (bicyclic) bond motifs is 20. The van der Waals surface area contributed by atoms with Crippen LogP contribution < -0.4 is 52.4 Å². The average molecular weight is 1260 g/mol. The monoisotopic (exact) mass is 1260 g/mol. The topological polar surface area (TPSA) is 13.0 Å². The van der Waals surface area contributed by atoms with E-state index < -0.39 is 0 Å². The van der Waals surface area contributed by atoms with Crippen LogP contribution in [0.3, 0.4) is 0 Å². The second-order valence-corrected chi connectivity index (χ2v) is 29.6. The Labute approximate surface area is 558 Å². The smallest absolute Gasteiger partial charge is 0.252 e. The summed E-state index contributed by atoms with van der Waals surface area (Å²) in [6.07, 6.45) is 0. The number of anilines is 12. The maximum absolute atomic E-state index is 2.58. The van der Waals surface area contributed by atoms with E-state index in [9.17, 15) is 0 Å². The Hall–Kier alpha value is -10.7. The van der Waals surface area contributed by atoms with Crippen LogP contribution in [0.2, 0.25) is 0 Å². The molecule has 0 saturated carbocycles. The third-order valence-electron chi connectivity index (χ3n) is 20.6. The van der Waals surface area contributed by atoms with Gasteiger partial charge in [-0.25, -0.2) is 0 Å². The summed E-state index contributed by atoms with van der Waals surface area (Å²) >= 11 is 7.58. The van der Waals surface area contributed by atoms with Gasteiger partial charge in [0, 0.05) is 118 Å². The molecular formula is C84H48B2N4S4. The van der Waals surface area contributed by atoms with Gasteiger partial charge in [0.2, 0.25) is 0 Å². The molecular weight excluding hydrogens is 1210 g/mol. The molecule has 94 heavy (non-hydrogen) atoms. The quantitative estimate of drug-likeness (QED) is 0.159. The van der Waals surface area contributed by atoms with E-state index in [1.54, 1.807) is 0 Å². The summed E-state index contributed by atoms with van der Waals surface area (Å²) in [7, 11) is 0. The predicted octanol–water partition coefficient (Wildman–Crippen LogP) is 21.0. The Morgan fingerprint density at radius 1 is 0.202 bits per heavy atom. The van der Waals surface area contributed by atoms with Gasteiger partial charge in [-0.1, -0.05) is 182 Å². The Morgan fingerprint density at radius 2 is 0.553 bits per heavy atom. The van der Waals surface area contributed by atoms with E-state index in [2.05, 4.69) is 311 Å². The lowest BCUT2D eigenvalue weighted by atomic mass is 9.33. The van der Waals surface area contributed by atoms with E-state index in [0.717, 1.165) is 5.69 Å². The lowest BCUT2D eigenvalue weighted by molar-refractivity contribution is 1.26. The fourth-order valence-electron chi connectivity index (χ4n) is 16.8. The molecule has 0 fully saturated rings. The Kier molecular flexibility index (Phi) is 10.7. The molecule has 0 saturated heterocycles.